The second kappa shape index (κ2) is 6.72. The van der Waals surface area contributed by atoms with Crippen molar-refractivity contribution in [2.45, 2.75) is 32.4 Å². The van der Waals surface area contributed by atoms with E-state index in [1.807, 2.05) is 0 Å². The highest BCUT2D eigenvalue weighted by molar-refractivity contribution is 6.35. The van der Waals surface area contributed by atoms with Crippen LogP contribution in [0.3, 0.4) is 0 Å². The molecule has 1 aromatic heterocycles. The van der Waals surface area contributed by atoms with Crippen LogP contribution >= 0.6 is 11.6 Å². The van der Waals surface area contributed by atoms with Gasteiger partial charge < -0.3 is 10.3 Å². The van der Waals surface area contributed by atoms with Crippen LogP contribution in [0.2, 0.25) is 5.02 Å². The Hall–Kier alpha value is -1.85. The lowest BCUT2D eigenvalue weighted by Crippen LogP contribution is -2.43. The summed E-state index contributed by atoms with van der Waals surface area (Å²) >= 11 is 6.19. The molecule has 1 amide bonds. The fourth-order valence-corrected chi connectivity index (χ4v) is 3.36. The zero-order valence-electron chi connectivity index (χ0n) is 13.1. The summed E-state index contributed by atoms with van der Waals surface area (Å²) in [5.41, 5.74) is 1.56. The van der Waals surface area contributed by atoms with Gasteiger partial charge in [0.1, 0.15) is 0 Å². The van der Waals surface area contributed by atoms with Crippen molar-refractivity contribution in [2.75, 3.05) is 13.1 Å². The lowest BCUT2D eigenvalue weighted by Gasteiger charge is -2.32. The van der Waals surface area contributed by atoms with Crippen molar-refractivity contribution in [1.29, 1.82) is 0 Å². The number of piperidine rings is 1. The largest absolute Gasteiger partial charge is 0.356 e. The van der Waals surface area contributed by atoms with Crippen molar-refractivity contribution in [3.63, 3.8) is 0 Å². The zero-order valence-corrected chi connectivity index (χ0v) is 13.8. The van der Waals surface area contributed by atoms with Crippen LogP contribution < -0.4 is 10.7 Å². The molecule has 2 heterocycles. The number of amides is 1. The maximum atomic E-state index is 12.2. The summed E-state index contributed by atoms with van der Waals surface area (Å²) < 4.78 is 0. The minimum Gasteiger partial charge on any atom is -0.356 e. The third-order valence-electron chi connectivity index (χ3n) is 4.26. The predicted molar refractivity (Wildman–Crippen MR) is 91.7 cm³/mol. The summed E-state index contributed by atoms with van der Waals surface area (Å²) in [6, 6.07) is 7.25. The number of hydrogen-bond acceptors (Lipinski definition) is 3. The van der Waals surface area contributed by atoms with E-state index in [1.54, 1.807) is 31.2 Å². The Bertz CT molecular complexity index is 779. The normalized spacial score (nSPS) is 16.6. The van der Waals surface area contributed by atoms with E-state index in [2.05, 4.69) is 15.2 Å². The molecule has 3 rings (SSSR count). The van der Waals surface area contributed by atoms with Gasteiger partial charge in [0.05, 0.1) is 10.5 Å². The molecule has 1 aliphatic heterocycles. The number of carbonyl (C=O) groups excluding carboxylic acids is 1. The number of aromatic nitrogens is 1. The number of halogens is 1. The van der Waals surface area contributed by atoms with Crippen molar-refractivity contribution in [3.05, 3.63) is 45.2 Å². The van der Waals surface area contributed by atoms with Gasteiger partial charge in [-0.1, -0.05) is 17.7 Å². The molecule has 6 heteroatoms. The highest BCUT2D eigenvalue weighted by atomic mass is 35.5. The number of carbonyl (C=O) groups is 1. The number of hydrogen-bond donors (Lipinski definition) is 2. The molecule has 1 aromatic carbocycles. The van der Waals surface area contributed by atoms with Crippen LogP contribution in [0.1, 0.15) is 25.5 Å². The lowest BCUT2D eigenvalue weighted by molar-refractivity contribution is -0.119. The van der Waals surface area contributed by atoms with E-state index in [1.165, 1.54) is 0 Å². The molecule has 23 heavy (non-hydrogen) atoms. The number of fused-ring (bicyclic) bond motifs is 1. The smallest absolute Gasteiger partial charge is 0.217 e. The Morgan fingerprint density at radius 3 is 2.83 bits per heavy atom. The van der Waals surface area contributed by atoms with Crippen LogP contribution in [0, 0.1) is 0 Å². The van der Waals surface area contributed by atoms with Crippen LogP contribution in [-0.2, 0) is 11.3 Å². The Kier molecular flexibility index (Phi) is 4.68. The van der Waals surface area contributed by atoms with E-state index in [9.17, 15) is 9.59 Å². The average molecular weight is 334 g/mol. The number of nitrogens with zero attached hydrogens (tertiary/aromatic N) is 1. The Morgan fingerprint density at radius 1 is 1.39 bits per heavy atom. The highest BCUT2D eigenvalue weighted by Gasteiger charge is 2.20. The van der Waals surface area contributed by atoms with Gasteiger partial charge in [0, 0.05) is 49.7 Å². The van der Waals surface area contributed by atoms with Crippen LogP contribution in [0.4, 0.5) is 0 Å². The number of nitrogens with one attached hydrogen (secondary N) is 2. The van der Waals surface area contributed by atoms with E-state index < -0.39 is 0 Å². The minimum absolute atomic E-state index is 0.00983. The van der Waals surface area contributed by atoms with E-state index in [0.717, 1.165) is 31.6 Å². The summed E-state index contributed by atoms with van der Waals surface area (Å²) in [7, 11) is 0. The Balaban J connectivity index is 1.72. The summed E-state index contributed by atoms with van der Waals surface area (Å²) in [4.78, 5) is 28.9. The number of pyridine rings is 1. The van der Waals surface area contributed by atoms with Crippen molar-refractivity contribution in [1.82, 2.24) is 15.2 Å². The van der Waals surface area contributed by atoms with Gasteiger partial charge in [-0.05, 0) is 25.0 Å². The quantitative estimate of drug-likeness (QED) is 0.905. The molecule has 0 unspecified atom stereocenters. The van der Waals surface area contributed by atoms with Crippen LogP contribution in [0.25, 0.3) is 10.9 Å². The molecule has 0 atom stereocenters. The summed E-state index contributed by atoms with van der Waals surface area (Å²) in [5.74, 6) is 0.0250. The fourth-order valence-electron chi connectivity index (χ4n) is 3.14. The highest BCUT2D eigenvalue weighted by Crippen LogP contribution is 2.20. The zero-order chi connectivity index (χ0) is 16.4. The summed E-state index contributed by atoms with van der Waals surface area (Å²) in [6.07, 6.45) is 1.86. The topological polar surface area (TPSA) is 65.2 Å². The molecule has 0 radical (unpaired) electrons. The maximum absolute atomic E-state index is 12.2. The number of rotatable bonds is 3. The second-order valence-corrected chi connectivity index (χ2v) is 6.48. The van der Waals surface area contributed by atoms with Gasteiger partial charge >= 0.3 is 0 Å². The van der Waals surface area contributed by atoms with Crippen molar-refractivity contribution in [3.8, 4) is 0 Å². The Morgan fingerprint density at radius 2 is 2.13 bits per heavy atom. The molecular formula is C17H20ClN3O2. The van der Waals surface area contributed by atoms with Gasteiger partial charge in [0.25, 0.3) is 0 Å². The Labute approximate surface area is 139 Å². The van der Waals surface area contributed by atoms with Crippen LogP contribution in [0.5, 0.6) is 0 Å². The van der Waals surface area contributed by atoms with Gasteiger partial charge in [-0.15, -0.1) is 0 Å². The van der Waals surface area contributed by atoms with E-state index >= 15 is 0 Å². The van der Waals surface area contributed by atoms with Gasteiger partial charge in [-0.25, -0.2) is 0 Å². The van der Waals surface area contributed by atoms with Crippen LogP contribution in [-0.4, -0.2) is 34.9 Å². The molecule has 1 saturated heterocycles. The van der Waals surface area contributed by atoms with Gasteiger partial charge in [0.15, 0.2) is 5.43 Å². The average Bonchev–Trinajstić information content (AvgIpc) is 2.50. The molecule has 2 aromatic rings. The van der Waals surface area contributed by atoms with E-state index in [4.69, 9.17) is 11.6 Å². The first-order valence-electron chi connectivity index (χ1n) is 7.83. The predicted octanol–water partition coefficient (Wildman–Crippen LogP) is 2.28. The van der Waals surface area contributed by atoms with E-state index in [0.29, 0.717) is 22.5 Å². The number of H-pyrrole nitrogens is 1. The van der Waals surface area contributed by atoms with E-state index in [-0.39, 0.29) is 17.4 Å². The first-order valence-corrected chi connectivity index (χ1v) is 8.20. The number of benzene rings is 1. The molecule has 5 nitrogen and oxygen atoms in total. The SMILES string of the molecule is CC(=O)NC1CCN(Cc2cc(=O)c3cccc(Cl)c3[nH]2)CC1. The number of likely N-dealkylation sites (tertiary alicyclic amines) is 1. The molecule has 1 aliphatic rings. The van der Waals surface area contributed by atoms with Gasteiger partial charge in [-0.3, -0.25) is 14.5 Å². The fraction of sp³-hybridized carbons (Fsp3) is 0.412. The lowest BCUT2D eigenvalue weighted by atomic mass is 10.0. The standard InChI is InChI=1S/C17H20ClN3O2/c1-11(22)19-12-5-7-21(8-6-12)10-13-9-16(23)14-3-2-4-15(18)17(14)20-13/h2-4,9,12H,5-8,10H2,1H3,(H,19,22)(H,20,23). The maximum Gasteiger partial charge on any atom is 0.217 e. The molecule has 1 fully saturated rings. The van der Waals surface area contributed by atoms with Gasteiger partial charge in [-0.2, -0.15) is 0 Å². The molecule has 2 N–H and O–H groups in total. The first kappa shape index (κ1) is 16.0. The molecule has 0 aliphatic carbocycles. The molecule has 0 saturated carbocycles. The minimum atomic E-state index is -0.00983. The number of para-hydroxylation sites is 1. The summed E-state index contributed by atoms with van der Waals surface area (Å²) in [5, 5.41) is 4.14. The van der Waals surface area contributed by atoms with Crippen LogP contribution in [0.15, 0.2) is 29.1 Å². The van der Waals surface area contributed by atoms with Crippen molar-refractivity contribution >= 4 is 28.4 Å². The summed E-state index contributed by atoms with van der Waals surface area (Å²) in [6.45, 7) is 4.03. The van der Waals surface area contributed by atoms with Crippen molar-refractivity contribution in [2.24, 2.45) is 0 Å². The monoisotopic (exact) mass is 333 g/mol. The second-order valence-electron chi connectivity index (χ2n) is 6.07. The third-order valence-corrected chi connectivity index (χ3v) is 4.57. The molecule has 122 valence electrons. The first-order chi connectivity index (χ1) is 11.0. The number of aromatic amines is 1. The van der Waals surface area contributed by atoms with Gasteiger partial charge in [0.2, 0.25) is 5.91 Å². The van der Waals surface area contributed by atoms with Crippen molar-refractivity contribution < 1.29 is 4.79 Å². The molecule has 0 spiro atoms. The third kappa shape index (κ3) is 3.74. The molecular weight excluding hydrogens is 314 g/mol. The molecule has 0 bridgehead atoms.